The third kappa shape index (κ3) is 2.99. The van der Waals surface area contributed by atoms with E-state index in [9.17, 15) is 4.79 Å². The van der Waals surface area contributed by atoms with Crippen molar-refractivity contribution >= 4 is 16.6 Å². The normalized spacial score (nSPS) is 12.5. The van der Waals surface area contributed by atoms with Gasteiger partial charge in [-0.25, -0.2) is 0 Å². The minimum atomic E-state index is -0.346. The molecule has 0 spiro atoms. The van der Waals surface area contributed by atoms with E-state index in [0.717, 1.165) is 23.6 Å². The van der Waals surface area contributed by atoms with Gasteiger partial charge >= 0.3 is 0 Å². The number of aromatic nitrogens is 1. The van der Waals surface area contributed by atoms with Crippen molar-refractivity contribution in [2.24, 2.45) is 0 Å². The fraction of sp³-hybridized carbons (Fsp3) is 0.375. The second-order valence-corrected chi connectivity index (χ2v) is 4.50. The summed E-state index contributed by atoms with van der Waals surface area (Å²) in [4.78, 5) is 16.7. The quantitative estimate of drug-likeness (QED) is 0.742. The van der Waals surface area contributed by atoms with Crippen LogP contribution in [-0.2, 0) is 4.74 Å². The van der Waals surface area contributed by atoms with E-state index in [4.69, 9.17) is 4.74 Å². The molecule has 1 aromatic heterocycles. The molecule has 1 heterocycles. The van der Waals surface area contributed by atoms with Crippen molar-refractivity contribution < 1.29 is 9.53 Å². The zero-order valence-corrected chi connectivity index (χ0v) is 11.4. The molecule has 3 heteroatoms. The Balaban J connectivity index is 2.39. The largest absolute Gasteiger partial charge is 0.370 e. The molecule has 3 nitrogen and oxygen atoms in total. The summed E-state index contributed by atoms with van der Waals surface area (Å²) in [6.45, 7) is 4.53. The lowest BCUT2D eigenvalue weighted by atomic mass is 9.98. The SMILES string of the molecule is CCCC(OCC)C(=O)c1cccc2ccncc12. The summed E-state index contributed by atoms with van der Waals surface area (Å²) in [5.74, 6) is 0.0577. The maximum atomic E-state index is 12.6. The fourth-order valence-corrected chi connectivity index (χ4v) is 2.26. The molecular weight excluding hydrogens is 238 g/mol. The van der Waals surface area contributed by atoms with Crippen molar-refractivity contribution in [3.8, 4) is 0 Å². The van der Waals surface area contributed by atoms with Crippen LogP contribution in [0.15, 0.2) is 36.7 Å². The number of benzene rings is 1. The summed E-state index contributed by atoms with van der Waals surface area (Å²) in [6, 6.07) is 7.67. The van der Waals surface area contributed by atoms with E-state index in [-0.39, 0.29) is 11.9 Å². The number of hydrogen-bond donors (Lipinski definition) is 0. The van der Waals surface area contributed by atoms with Crippen LogP contribution < -0.4 is 0 Å². The maximum absolute atomic E-state index is 12.6. The lowest BCUT2D eigenvalue weighted by molar-refractivity contribution is 0.0425. The molecule has 0 bridgehead atoms. The number of pyridine rings is 1. The van der Waals surface area contributed by atoms with E-state index < -0.39 is 0 Å². The number of carbonyl (C=O) groups is 1. The Labute approximate surface area is 113 Å². The van der Waals surface area contributed by atoms with Gasteiger partial charge in [0.2, 0.25) is 0 Å². The molecular formula is C16H19NO2. The minimum Gasteiger partial charge on any atom is -0.370 e. The summed E-state index contributed by atoms with van der Waals surface area (Å²) in [5.41, 5.74) is 0.706. The molecule has 0 aliphatic heterocycles. The van der Waals surface area contributed by atoms with Crippen LogP contribution in [0, 0.1) is 0 Å². The smallest absolute Gasteiger partial charge is 0.192 e. The van der Waals surface area contributed by atoms with Crippen LogP contribution >= 0.6 is 0 Å². The van der Waals surface area contributed by atoms with Crippen molar-refractivity contribution in [3.05, 3.63) is 42.2 Å². The average molecular weight is 257 g/mol. The number of rotatable bonds is 6. The number of ketones is 1. The lowest BCUT2D eigenvalue weighted by Gasteiger charge is -2.16. The van der Waals surface area contributed by atoms with Gasteiger partial charge in [0.25, 0.3) is 0 Å². The van der Waals surface area contributed by atoms with Crippen LogP contribution in [0.1, 0.15) is 37.0 Å². The standard InChI is InChI=1S/C16H19NO2/c1-3-6-15(19-4-2)16(18)13-8-5-7-12-9-10-17-11-14(12)13/h5,7-11,15H,3-4,6H2,1-2H3. The molecule has 0 saturated carbocycles. The first-order valence-electron chi connectivity index (χ1n) is 6.76. The Morgan fingerprint density at radius 2 is 2.16 bits per heavy atom. The van der Waals surface area contributed by atoms with Crippen molar-refractivity contribution in [1.82, 2.24) is 4.98 Å². The van der Waals surface area contributed by atoms with E-state index >= 15 is 0 Å². The Kier molecular flexibility index (Phi) is 4.63. The molecule has 1 aromatic carbocycles. The minimum absolute atomic E-state index is 0.0577. The van der Waals surface area contributed by atoms with Crippen molar-refractivity contribution in [2.45, 2.75) is 32.8 Å². The summed E-state index contributed by atoms with van der Waals surface area (Å²) in [5, 5.41) is 1.93. The number of carbonyl (C=O) groups excluding carboxylic acids is 1. The lowest BCUT2D eigenvalue weighted by Crippen LogP contribution is -2.24. The van der Waals surface area contributed by atoms with Gasteiger partial charge in [-0.2, -0.15) is 0 Å². The second kappa shape index (κ2) is 6.43. The molecule has 1 unspecified atom stereocenters. The number of Topliss-reactive ketones (excluding diaryl/α,β-unsaturated/α-hetero) is 1. The molecule has 0 fully saturated rings. The highest BCUT2D eigenvalue weighted by Crippen LogP contribution is 2.21. The number of nitrogens with zero attached hydrogens (tertiary/aromatic N) is 1. The van der Waals surface area contributed by atoms with Gasteiger partial charge in [-0.15, -0.1) is 0 Å². The van der Waals surface area contributed by atoms with E-state index in [1.165, 1.54) is 0 Å². The molecule has 2 aromatic rings. The number of hydrogen-bond acceptors (Lipinski definition) is 3. The molecule has 0 aliphatic carbocycles. The third-order valence-corrected chi connectivity index (χ3v) is 3.16. The molecule has 0 amide bonds. The zero-order valence-electron chi connectivity index (χ0n) is 11.4. The van der Waals surface area contributed by atoms with Crippen molar-refractivity contribution in [2.75, 3.05) is 6.61 Å². The van der Waals surface area contributed by atoms with Crippen LogP contribution in [0.3, 0.4) is 0 Å². The molecule has 100 valence electrons. The van der Waals surface area contributed by atoms with E-state index in [1.54, 1.807) is 12.4 Å². The predicted octanol–water partition coefficient (Wildman–Crippen LogP) is 3.62. The summed E-state index contributed by atoms with van der Waals surface area (Å²) >= 11 is 0. The second-order valence-electron chi connectivity index (χ2n) is 4.50. The molecule has 0 radical (unpaired) electrons. The first-order chi connectivity index (χ1) is 9.27. The first-order valence-corrected chi connectivity index (χ1v) is 6.76. The van der Waals surface area contributed by atoms with E-state index in [2.05, 4.69) is 11.9 Å². The highest BCUT2D eigenvalue weighted by atomic mass is 16.5. The van der Waals surface area contributed by atoms with Gasteiger partial charge < -0.3 is 4.74 Å². The van der Waals surface area contributed by atoms with Gasteiger partial charge in [0, 0.05) is 30.0 Å². The third-order valence-electron chi connectivity index (χ3n) is 3.16. The molecule has 0 N–H and O–H groups in total. The van der Waals surface area contributed by atoms with E-state index in [1.807, 2.05) is 31.2 Å². The first kappa shape index (κ1) is 13.7. The topological polar surface area (TPSA) is 39.2 Å². The van der Waals surface area contributed by atoms with Crippen LogP contribution in [0.2, 0.25) is 0 Å². The zero-order chi connectivity index (χ0) is 13.7. The van der Waals surface area contributed by atoms with Crippen LogP contribution in [-0.4, -0.2) is 23.5 Å². The monoisotopic (exact) mass is 257 g/mol. The van der Waals surface area contributed by atoms with Crippen molar-refractivity contribution in [3.63, 3.8) is 0 Å². The van der Waals surface area contributed by atoms with Crippen LogP contribution in [0.25, 0.3) is 10.8 Å². The number of fused-ring (bicyclic) bond motifs is 1. The molecule has 0 saturated heterocycles. The Morgan fingerprint density at radius 1 is 1.32 bits per heavy atom. The van der Waals surface area contributed by atoms with Gasteiger partial charge in [0.1, 0.15) is 6.10 Å². The van der Waals surface area contributed by atoms with Gasteiger partial charge in [-0.05, 0) is 24.8 Å². The Bertz CT molecular complexity index is 554. The Morgan fingerprint density at radius 3 is 2.89 bits per heavy atom. The molecule has 1 atom stereocenters. The van der Waals surface area contributed by atoms with E-state index in [0.29, 0.717) is 12.2 Å². The van der Waals surface area contributed by atoms with Gasteiger partial charge in [-0.3, -0.25) is 9.78 Å². The van der Waals surface area contributed by atoms with Crippen molar-refractivity contribution in [1.29, 1.82) is 0 Å². The van der Waals surface area contributed by atoms with Gasteiger partial charge in [-0.1, -0.05) is 31.5 Å². The van der Waals surface area contributed by atoms with Gasteiger partial charge in [0.15, 0.2) is 5.78 Å². The summed E-state index contributed by atoms with van der Waals surface area (Å²) in [7, 11) is 0. The maximum Gasteiger partial charge on any atom is 0.192 e. The number of ether oxygens (including phenoxy) is 1. The summed E-state index contributed by atoms with van der Waals surface area (Å²) < 4.78 is 5.58. The molecule has 0 aliphatic rings. The van der Waals surface area contributed by atoms with Crippen LogP contribution in [0.4, 0.5) is 0 Å². The molecule has 19 heavy (non-hydrogen) atoms. The Hall–Kier alpha value is -1.74. The van der Waals surface area contributed by atoms with Crippen LogP contribution in [0.5, 0.6) is 0 Å². The molecule has 2 rings (SSSR count). The summed E-state index contributed by atoms with van der Waals surface area (Å²) in [6.07, 6.45) is 4.82. The highest BCUT2D eigenvalue weighted by molar-refractivity contribution is 6.09. The predicted molar refractivity (Wildman–Crippen MR) is 76.4 cm³/mol. The fourth-order valence-electron chi connectivity index (χ4n) is 2.26. The highest BCUT2D eigenvalue weighted by Gasteiger charge is 2.21. The average Bonchev–Trinajstić information content (AvgIpc) is 2.46. The van der Waals surface area contributed by atoms with Gasteiger partial charge in [0.05, 0.1) is 0 Å².